The van der Waals surface area contributed by atoms with Gasteiger partial charge in [0.1, 0.15) is 6.61 Å². The van der Waals surface area contributed by atoms with E-state index in [0.29, 0.717) is 165 Å². The molecule has 316 valence electrons. The smallest absolute Gasteiger partial charge is 0.307 e. The lowest BCUT2D eigenvalue weighted by Gasteiger charge is -2.09. The molecule has 0 amide bonds. The summed E-state index contributed by atoms with van der Waals surface area (Å²) in [6, 6.07) is 0. The van der Waals surface area contributed by atoms with E-state index in [0.717, 1.165) is 12.8 Å². The first kappa shape index (κ1) is 51.5. The van der Waals surface area contributed by atoms with Gasteiger partial charge in [-0.3, -0.25) is 9.59 Å². The molecule has 0 aliphatic rings. The molecule has 0 saturated carbocycles. The number of rotatable bonds is 46. The highest BCUT2D eigenvalue weighted by Crippen LogP contribution is 2.07. The number of carbonyl (C=O) groups excluding carboxylic acids is 2. The van der Waals surface area contributed by atoms with E-state index in [-0.39, 0.29) is 25.0 Å². The van der Waals surface area contributed by atoms with Gasteiger partial charge in [0.05, 0.1) is 172 Å². The molecular formula is C37H72O16. The highest BCUT2D eigenvalue weighted by Gasteiger charge is 2.03. The fraction of sp³-hybridized carbons (Fsp3) is 0.946. The van der Waals surface area contributed by atoms with E-state index in [1.807, 2.05) is 0 Å². The Morgan fingerprint density at radius 2 is 0.566 bits per heavy atom. The Labute approximate surface area is 318 Å². The van der Waals surface area contributed by atoms with Gasteiger partial charge in [0.25, 0.3) is 0 Å². The molecule has 16 heteroatoms. The molecule has 0 aliphatic heterocycles. The van der Waals surface area contributed by atoms with E-state index in [4.69, 9.17) is 61.6 Å². The van der Waals surface area contributed by atoms with E-state index >= 15 is 0 Å². The van der Waals surface area contributed by atoms with E-state index < -0.39 is 0 Å². The summed E-state index contributed by atoms with van der Waals surface area (Å²) in [5, 5.41) is 0. The maximum Gasteiger partial charge on any atom is 0.307 e. The summed E-state index contributed by atoms with van der Waals surface area (Å²) < 4.78 is 75.0. The highest BCUT2D eigenvalue weighted by atomic mass is 16.6. The molecule has 16 nitrogen and oxygen atoms in total. The van der Waals surface area contributed by atoms with Crippen LogP contribution in [-0.2, 0) is 75.9 Å². The molecule has 0 saturated heterocycles. The van der Waals surface area contributed by atoms with E-state index in [9.17, 15) is 9.59 Å². The summed E-state index contributed by atoms with van der Waals surface area (Å²) >= 11 is 0. The second-order valence-corrected chi connectivity index (χ2v) is 11.4. The van der Waals surface area contributed by atoms with E-state index in [2.05, 4.69) is 11.7 Å². The SMILES string of the molecule is CCCCCCCCC(=O)OCCOCCOCCOCCOCCOCCOCCOCCOCCOCCOCCOCCOCCC(=O)OC. The molecule has 0 unspecified atom stereocenters. The maximum absolute atomic E-state index is 11.7. The fourth-order valence-corrected chi connectivity index (χ4v) is 4.11. The first-order valence-corrected chi connectivity index (χ1v) is 19.4. The normalized spacial score (nSPS) is 11.4. The van der Waals surface area contributed by atoms with Crippen molar-refractivity contribution in [2.75, 3.05) is 172 Å². The van der Waals surface area contributed by atoms with Crippen molar-refractivity contribution >= 4 is 11.9 Å². The quantitative estimate of drug-likeness (QED) is 0.0655. The van der Waals surface area contributed by atoms with E-state index in [1.165, 1.54) is 32.8 Å². The Hall–Kier alpha value is -1.54. The number of esters is 2. The molecule has 0 heterocycles. The molecule has 0 aliphatic carbocycles. The molecule has 0 atom stereocenters. The van der Waals surface area contributed by atoms with Crippen LogP contribution in [0.3, 0.4) is 0 Å². The van der Waals surface area contributed by atoms with Crippen LogP contribution in [0.5, 0.6) is 0 Å². The minimum absolute atomic E-state index is 0.148. The second-order valence-electron chi connectivity index (χ2n) is 11.4. The zero-order chi connectivity index (χ0) is 38.4. The zero-order valence-electron chi connectivity index (χ0n) is 32.9. The van der Waals surface area contributed by atoms with Gasteiger partial charge in [-0.2, -0.15) is 0 Å². The third-order valence-corrected chi connectivity index (χ3v) is 7.00. The predicted molar refractivity (Wildman–Crippen MR) is 195 cm³/mol. The van der Waals surface area contributed by atoms with Gasteiger partial charge in [0.2, 0.25) is 0 Å². The van der Waals surface area contributed by atoms with Gasteiger partial charge in [-0.05, 0) is 6.42 Å². The highest BCUT2D eigenvalue weighted by molar-refractivity contribution is 5.69. The predicted octanol–water partition coefficient (Wildman–Crippen LogP) is 3.04. The molecule has 0 aromatic rings. The van der Waals surface area contributed by atoms with Crippen LogP contribution >= 0.6 is 0 Å². The Morgan fingerprint density at radius 1 is 0.302 bits per heavy atom. The van der Waals surface area contributed by atoms with Crippen molar-refractivity contribution in [1.29, 1.82) is 0 Å². The largest absolute Gasteiger partial charge is 0.469 e. The lowest BCUT2D eigenvalue weighted by Crippen LogP contribution is -2.16. The molecule has 0 fully saturated rings. The van der Waals surface area contributed by atoms with Crippen LogP contribution in [-0.4, -0.2) is 184 Å². The van der Waals surface area contributed by atoms with Crippen LogP contribution in [0, 0.1) is 0 Å². The number of hydrogen-bond acceptors (Lipinski definition) is 16. The van der Waals surface area contributed by atoms with Crippen molar-refractivity contribution in [2.45, 2.75) is 58.3 Å². The molecular weight excluding hydrogens is 700 g/mol. The summed E-state index contributed by atoms with van der Waals surface area (Å²) in [7, 11) is 1.35. The van der Waals surface area contributed by atoms with Crippen LogP contribution in [0.1, 0.15) is 58.3 Å². The minimum atomic E-state index is -0.289. The third-order valence-electron chi connectivity index (χ3n) is 7.00. The number of ether oxygens (including phenoxy) is 14. The van der Waals surface area contributed by atoms with Crippen molar-refractivity contribution in [3.05, 3.63) is 0 Å². The second kappa shape index (κ2) is 46.6. The monoisotopic (exact) mass is 772 g/mol. The van der Waals surface area contributed by atoms with Crippen molar-refractivity contribution in [1.82, 2.24) is 0 Å². The standard InChI is InChI=1S/C37H72O16/c1-3-4-5-6-7-8-9-37(39)53-35-34-52-33-32-51-31-30-50-29-28-49-27-26-48-25-24-47-23-22-46-21-20-45-19-18-44-17-16-43-15-14-42-13-12-41-11-10-36(38)40-2/h3-35H2,1-2H3. The Kier molecular flexibility index (Phi) is 45.3. The van der Waals surface area contributed by atoms with Gasteiger partial charge in [-0.1, -0.05) is 39.0 Å². The first-order chi connectivity index (χ1) is 26.2. The van der Waals surface area contributed by atoms with Gasteiger partial charge in [0.15, 0.2) is 0 Å². The van der Waals surface area contributed by atoms with Gasteiger partial charge in [0, 0.05) is 6.42 Å². The minimum Gasteiger partial charge on any atom is -0.469 e. The van der Waals surface area contributed by atoms with Gasteiger partial charge in [-0.25, -0.2) is 0 Å². The molecule has 0 radical (unpaired) electrons. The molecule has 0 aromatic heterocycles. The summed E-state index contributed by atoms with van der Waals surface area (Å²) in [6.07, 6.45) is 7.64. The number of unbranched alkanes of at least 4 members (excludes halogenated alkanes) is 5. The Balaban J connectivity index is 3.10. The molecule has 0 spiro atoms. The topological polar surface area (TPSA) is 163 Å². The van der Waals surface area contributed by atoms with Crippen LogP contribution in [0.25, 0.3) is 0 Å². The molecule has 0 rings (SSSR count). The fourth-order valence-electron chi connectivity index (χ4n) is 4.11. The van der Waals surface area contributed by atoms with Crippen molar-refractivity contribution < 1.29 is 75.9 Å². The van der Waals surface area contributed by atoms with Crippen molar-refractivity contribution in [3.63, 3.8) is 0 Å². The summed E-state index contributed by atoms with van der Waals surface area (Å²) in [6.45, 7) is 13.7. The summed E-state index contributed by atoms with van der Waals surface area (Å²) in [4.78, 5) is 22.6. The molecule has 0 N–H and O–H groups in total. The van der Waals surface area contributed by atoms with Gasteiger partial charge in [-0.15, -0.1) is 0 Å². The molecule has 53 heavy (non-hydrogen) atoms. The average molecular weight is 773 g/mol. The Bertz CT molecular complexity index is 733. The van der Waals surface area contributed by atoms with E-state index in [1.54, 1.807) is 0 Å². The molecule has 0 aromatic carbocycles. The van der Waals surface area contributed by atoms with Crippen LogP contribution in [0.15, 0.2) is 0 Å². The van der Waals surface area contributed by atoms with Crippen LogP contribution in [0.2, 0.25) is 0 Å². The summed E-state index contributed by atoms with van der Waals surface area (Å²) in [5.41, 5.74) is 0. The van der Waals surface area contributed by atoms with Gasteiger partial charge < -0.3 is 66.3 Å². The lowest BCUT2D eigenvalue weighted by atomic mass is 10.1. The average Bonchev–Trinajstić information content (AvgIpc) is 3.16. The first-order valence-electron chi connectivity index (χ1n) is 19.4. The maximum atomic E-state index is 11.7. The van der Waals surface area contributed by atoms with Crippen LogP contribution < -0.4 is 0 Å². The Morgan fingerprint density at radius 3 is 0.868 bits per heavy atom. The van der Waals surface area contributed by atoms with Crippen molar-refractivity contribution in [3.8, 4) is 0 Å². The van der Waals surface area contributed by atoms with Crippen LogP contribution in [0.4, 0.5) is 0 Å². The van der Waals surface area contributed by atoms with Crippen molar-refractivity contribution in [2.24, 2.45) is 0 Å². The third kappa shape index (κ3) is 46.5. The van der Waals surface area contributed by atoms with Gasteiger partial charge >= 0.3 is 11.9 Å². The molecule has 0 bridgehead atoms. The summed E-state index contributed by atoms with van der Waals surface area (Å²) in [5.74, 6) is -0.436. The lowest BCUT2D eigenvalue weighted by molar-refractivity contribution is -0.145. The zero-order valence-corrected chi connectivity index (χ0v) is 32.9. The number of carbonyl (C=O) groups is 2. The number of methoxy groups -OCH3 is 1. The number of hydrogen-bond donors (Lipinski definition) is 0.